The third kappa shape index (κ3) is 6.64. The molecule has 0 aromatic rings. The zero-order chi connectivity index (χ0) is 16.4. The smallest absolute Gasteiger partial charge is 0.222 e. The number of hydrogen-bond acceptors (Lipinski definition) is 3. The number of guanidine groups is 1. The molecule has 22 heavy (non-hydrogen) atoms. The minimum absolute atomic E-state index is 0.234. The molecule has 1 aliphatic rings. The van der Waals surface area contributed by atoms with Crippen LogP contribution in [0.2, 0.25) is 0 Å². The Morgan fingerprint density at radius 1 is 1.36 bits per heavy atom. The molecular weight excluding hydrogens is 278 g/mol. The van der Waals surface area contributed by atoms with Crippen molar-refractivity contribution in [2.24, 2.45) is 4.99 Å². The van der Waals surface area contributed by atoms with Gasteiger partial charge in [-0.3, -0.25) is 9.79 Å². The first-order valence-electron chi connectivity index (χ1n) is 8.61. The Hall–Kier alpha value is -1.30. The molecule has 0 aromatic heterocycles. The Labute approximate surface area is 135 Å². The second kappa shape index (κ2) is 10.4. The average molecular weight is 311 g/mol. The third-order valence-electron chi connectivity index (χ3n) is 3.98. The normalized spacial score (nSPS) is 19.7. The van der Waals surface area contributed by atoms with Crippen molar-refractivity contribution < 1.29 is 4.79 Å². The monoisotopic (exact) mass is 311 g/mol. The van der Waals surface area contributed by atoms with Crippen LogP contribution in [0.3, 0.4) is 0 Å². The minimum Gasteiger partial charge on any atom is -0.357 e. The molecule has 0 bridgehead atoms. The van der Waals surface area contributed by atoms with Crippen molar-refractivity contribution in [3.63, 3.8) is 0 Å². The van der Waals surface area contributed by atoms with Gasteiger partial charge in [-0.05, 0) is 32.9 Å². The van der Waals surface area contributed by atoms with Crippen LogP contribution >= 0.6 is 0 Å². The molecule has 1 rings (SSSR count). The summed E-state index contributed by atoms with van der Waals surface area (Å²) in [5, 5.41) is 6.75. The molecule has 1 unspecified atom stereocenters. The van der Waals surface area contributed by atoms with E-state index >= 15 is 0 Å². The van der Waals surface area contributed by atoms with Crippen molar-refractivity contribution >= 4 is 11.9 Å². The van der Waals surface area contributed by atoms with E-state index in [2.05, 4.69) is 41.3 Å². The van der Waals surface area contributed by atoms with Crippen LogP contribution in [0, 0.1) is 0 Å². The summed E-state index contributed by atoms with van der Waals surface area (Å²) in [4.78, 5) is 20.4. The van der Waals surface area contributed by atoms with E-state index < -0.39 is 0 Å². The number of piperidine rings is 1. The predicted molar refractivity (Wildman–Crippen MR) is 92.2 cm³/mol. The SMILES string of the molecule is CCCN(CC)CCN=C(NCC)NC1CCC(=O)N(C)C1. The largest absolute Gasteiger partial charge is 0.357 e. The molecule has 2 N–H and O–H groups in total. The number of carbonyl (C=O) groups is 1. The maximum Gasteiger partial charge on any atom is 0.222 e. The fourth-order valence-electron chi connectivity index (χ4n) is 2.69. The standard InChI is InChI=1S/C16H33N5O/c1-5-11-21(7-3)12-10-18-16(17-6-2)19-14-8-9-15(22)20(4)13-14/h14H,5-13H2,1-4H3,(H2,17,18,19). The zero-order valence-electron chi connectivity index (χ0n) is 14.7. The van der Waals surface area contributed by atoms with Gasteiger partial charge >= 0.3 is 0 Å². The number of likely N-dealkylation sites (tertiary alicyclic amines) is 1. The maximum atomic E-state index is 11.5. The van der Waals surface area contributed by atoms with Gasteiger partial charge in [0, 0.05) is 39.1 Å². The summed E-state index contributed by atoms with van der Waals surface area (Å²) < 4.78 is 0. The van der Waals surface area contributed by atoms with E-state index in [1.165, 1.54) is 6.42 Å². The molecule has 1 amide bonds. The van der Waals surface area contributed by atoms with Crippen LogP contribution in [0.1, 0.15) is 40.0 Å². The Bertz CT molecular complexity index is 358. The summed E-state index contributed by atoms with van der Waals surface area (Å²) in [6, 6.07) is 0.290. The van der Waals surface area contributed by atoms with E-state index in [4.69, 9.17) is 0 Å². The summed E-state index contributed by atoms with van der Waals surface area (Å²) in [5.41, 5.74) is 0. The highest BCUT2D eigenvalue weighted by Gasteiger charge is 2.23. The fraction of sp³-hybridized carbons (Fsp3) is 0.875. The highest BCUT2D eigenvalue weighted by Crippen LogP contribution is 2.09. The number of rotatable bonds is 8. The van der Waals surface area contributed by atoms with E-state index in [0.29, 0.717) is 12.5 Å². The van der Waals surface area contributed by atoms with Crippen molar-refractivity contribution in [3.05, 3.63) is 0 Å². The van der Waals surface area contributed by atoms with Gasteiger partial charge in [0.1, 0.15) is 0 Å². The molecule has 0 aliphatic carbocycles. The van der Waals surface area contributed by atoms with Gasteiger partial charge in [0.2, 0.25) is 5.91 Å². The number of hydrogen-bond donors (Lipinski definition) is 2. The van der Waals surface area contributed by atoms with Gasteiger partial charge in [-0.2, -0.15) is 0 Å². The van der Waals surface area contributed by atoms with Crippen LogP contribution in [0.25, 0.3) is 0 Å². The maximum absolute atomic E-state index is 11.5. The summed E-state index contributed by atoms with van der Waals surface area (Å²) in [6.07, 6.45) is 2.68. The lowest BCUT2D eigenvalue weighted by Crippen LogP contribution is -2.51. The van der Waals surface area contributed by atoms with E-state index in [1.54, 1.807) is 4.90 Å². The number of amides is 1. The highest BCUT2D eigenvalue weighted by molar-refractivity contribution is 5.81. The zero-order valence-corrected chi connectivity index (χ0v) is 14.7. The van der Waals surface area contributed by atoms with Gasteiger partial charge in [-0.25, -0.2) is 0 Å². The van der Waals surface area contributed by atoms with Gasteiger partial charge in [0.25, 0.3) is 0 Å². The van der Waals surface area contributed by atoms with Crippen molar-refractivity contribution in [1.82, 2.24) is 20.4 Å². The molecule has 0 aromatic carbocycles. The summed E-state index contributed by atoms with van der Waals surface area (Å²) in [6.45, 7) is 12.1. The number of aliphatic imine (C=N–C) groups is 1. The molecule has 128 valence electrons. The number of carbonyl (C=O) groups excluding carboxylic acids is 1. The molecular formula is C16H33N5O. The van der Waals surface area contributed by atoms with Crippen LogP contribution in [0.4, 0.5) is 0 Å². The summed E-state index contributed by atoms with van der Waals surface area (Å²) >= 11 is 0. The fourth-order valence-corrected chi connectivity index (χ4v) is 2.69. The van der Waals surface area contributed by atoms with E-state index in [0.717, 1.165) is 51.6 Å². The first-order chi connectivity index (χ1) is 10.6. The summed E-state index contributed by atoms with van der Waals surface area (Å²) in [5.74, 6) is 1.10. The molecule has 6 heteroatoms. The quantitative estimate of drug-likeness (QED) is 0.516. The molecule has 1 atom stereocenters. The molecule has 6 nitrogen and oxygen atoms in total. The van der Waals surface area contributed by atoms with Crippen LogP contribution in [0.15, 0.2) is 4.99 Å². The van der Waals surface area contributed by atoms with Crippen LogP contribution in [-0.4, -0.2) is 74.0 Å². The predicted octanol–water partition coefficient (Wildman–Crippen LogP) is 0.894. The Morgan fingerprint density at radius 3 is 2.73 bits per heavy atom. The number of likely N-dealkylation sites (N-methyl/N-ethyl adjacent to an activating group) is 2. The molecule has 1 saturated heterocycles. The van der Waals surface area contributed by atoms with Gasteiger partial charge in [0.15, 0.2) is 5.96 Å². The molecule has 1 heterocycles. The van der Waals surface area contributed by atoms with E-state index in [-0.39, 0.29) is 5.91 Å². The van der Waals surface area contributed by atoms with Gasteiger partial charge in [-0.1, -0.05) is 13.8 Å². The Kier molecular flexibility index (Phi) is 8.89. The molecule has 1 fully saturated rings. The van der Waals surface area contributed by atoms with E-state index in [1.807, 2.05) is 7.05 Å². The van der Waals surface area contributed by atoms with Crippen molar-refractivity contribution in [1.29, 1.82) is 0 Å². The van der Waals surface area contributed by atoms with Crippen LogP contribution in [0.5, 0.6) is 0 Å². The topological polar surface area (TPSA) is 60.0 Å². The average Bonchev–Trinajstić information content (AvgIpc) is 2.50. The number of nitrogens with one attached hydrogen (secondary N) is 2. The third-order valence-corrected chi connectivity index (χ3v) is 3.98. The van der Waals surface area contributed by atoms with Crippen LogP contribution < -0.4 is 10.6 Å². The molecule has 1 aliphatic heterocycles. The molecule has 0 saturated carbocycles. The minimum atomic E-state index is 0.234. The van der Waals surface area contributed by atoms with E-state index in [9.17, 15) is 4.79 Å². The van der Waals surface area contributed by atoms with Gasteiger partial charge in [-0.15, -0.1) is 0 Å². The first kappa shape index (κ1) is 18.7. The lowest BCUT2D eigenvalue weighted by atomic mass is 10.1. The van der Waals surface area contributed by atoms with Gasteiger partial charge < -0.3 is 20.4 Å². The Balaban J connectivity index is 2.46. The van der Waals surface area contributed by atoms with Crippen molar-refractivity contribution in [2.45, 2.75) is 46.1 Å². The molecule has 0 spiro atoms. The van der Waals surface area contributed by atoms with Crippen LogP contribution in [-0.2, 0) is 4.79 Å². The highest BCUT2D eigenvalue weighted by atomic mass is 16.2. The lowest BCUT2D eigenvalue weighted by molar-refractivity contribution is -0.132. The second-order valence-corrected chi connectivity index (χ2v) is 5.85. The molecule has 0 radical (unpaired) electrons. The lowest BCUT2D eigenvalue weighted by Gasteiger charge is -2.31. The first-order valence-corrected chi connectivity index (χ1v) is 8.61. The van der Waals surface area contributed by atoms with Crippen molar-refractivity contribution in [3.8, 4) is 0 Å². The van der Waals surface area contributed by atoms with Gasteiger partial charge in [0.05, 0.1) is 6.54 Å². The summed E-state index contributed by atoms with van der Waals surface area (Å²) in [7, 11) is 1.87. The number of nitrogens with zero attached hydrogens (tertiary/aromatic N) is 3. The Morgan fingerprint density at radius 2 is 2.14 bits per heavy atom. The second-order valence-electron chi connectivity index (χ2n) is 5.85. The van der Waals surface area contributed by atoms with Crippen molar-refractivity contribution in [2.75, 3.05) is 46.3 Å².